The summed E-state index contributed by atoms with van der Waals surface area (Å²) in [5, 5.41) is 8.85. The number of likely N-dealkylation sites (N-methyl/N-ethyl adjacent to an activating group) is 1. The third-order valence-corrected chi connectivity index (χ3v) is 6.01. The lowest BCUT2D eigenvalue weighted by molar-refractivity contribution is -0.138. The van der Waals surface area contributed by atoms with Gasteiger partial charge >= 0.3 is 5.97 Å². The van der Waals surface area contributed by atoms with Gasteiger partial charge in [-0.05, 0) is 38.4 Å². The summed E-state index contributed by atoms with van der Waals surface area (Å²) in [5.74, 6) is -2.83. The molecule has 0 saturated carbocycles. The van der Waals surface area contributed by atoms with Crippen LogP contribution in [0, 0.1) is 11.6 Å². The Morgan fingerprint density at radius 2 is 1.88 bits per heavy atom. The highest BCUT2D eigenvalue weighted by molar-refractivity contribution is 7.89. The molecule has 134 valence electrons. The van der Waals surface area contributed by atoms with E-state index in [0.29, 0.717) is 25.3 Å². The molecule has 0 aromatic heterocycles. The van der Waals surface area contributed by atoms with Crippen molar-refractivity contribution >= 4 is 16.0 Å². The molecule has 6 nitrogen and oxygen atoms in total. The van der Waals surface area contributed by atoms with Crippen LogP contribution in [-0.4, -0.2) is 61.4 Å². The molecule has 1 atom stereocenters. The van der Waals surface area contributed by atoms with Crippen molar-refractivity contribution in [3.63, 3.8) is 0 Å². The summed E-state index contributed by atoms with van der Waals surface area (Å²) in [4.78, 5) is 12.1. The average Bonchev–Trinajstić information content (AvgIpc) is 2.71. The van der Waals surface area contributed by atoms with Gasteiger partial charge < -0.3 is 5.11 Å². The molecule has 1 aliphatic rings. The summed E-state index contributed by atoms with van der Waals surface area (Å²) in [5.41, 5.74) is 0. The second-order valence-corrected chi connectivity index (χ2v) is 7.84. The van der Waals surface area contributed by atoms with Crippen molar-refractivity contribution in [3.05, 3.63) is 29.8 Å². The number of nitrogens with zero attached hydrogens (tertiary/aromatic N) is 2. The molecule has 0 amide bonds. The van der Waals surface area contributed by atoms with E-state index in [0.717, 1.165) is 12.1 Å². The van der Waals surface area contributed by atoms with Crippen LogP contribution in [0.4, 0.5) is 8.78 Å². The minimum atomic E-state index is -3.98. The lowest BCUT2D eigenvalue weighted by Gasteiger charge is -2.25. The Morgan fingerprint density at radius 3 is 2.46 bits per heavy atom. The van der Waals surface area contributed by atoms with Crippen LogP contribution >= 0.6 is 0 Å². The van der Waals surface area contributed by atoms with Crippen molar-refractivity contribution in [1.29, 1.82) is 0 Å². The molecule has 1 aliphatic heterocycles. The van der Waals surface area contributed by atoms with E-state index >= 15 is 0 Å². The monoisotopic (exact) mass is 362 g/mol. The maximum Gasteiger partial charge on any atom is 0.317 e. The molecule has 1 N–H and O–H groups in total. The number of halogens is 2. The first kappa shape index (κ1) is 18.8. The molecular formula is C15H20F2N2O4S. The van der Waals surface area contributed by atoms with Gasteiger partial charge in [0.2, 0.25) is 10.0 Å². The zero-order chi connectivity index (χ0) is 17.9. The summed E-state index contributed by atoms with van der Waals surface area (Å²) >= 11 is 0. The number of carboxylic acid groups (broad SMARTS) is 1. The molecule has 0 spiro atoms. The largest absolute Gasteiger partial charge is 0.480 e. The van der Waals surface area contributed by atoms with Crippen molar-refractivity contribution in [1.82, 2.24) is 9.21 Å². The summed E-state index contributed by atoms with van der Waals surface area (Å²) in [6, 6.07) is 2.18. The normalized spacial score (nSPS) is 20.1. The number of benzene rings is 1. The summed E-state index contributed by atoms with van der Waals surface area (Å²) < 4.78 is 53.0. The first-order valence-electron chi connectivity index (χ1n) is 7.58. The van der Waals surface area contributed by atoms with Gasteiger partial charge in [0.05, 0.1) is 11.4 Å². The quantitative estimate of drug-likeness (QED) is 0.859. The standard InChI is InChI=1S/C15H20F2N2O4S/c1-18(10-15(20)21)13-3-2-5-19(6-4-13)24(22,23)14-8-11(16)7-12(17)9-14/h7-9,13H,2-6,10H2,1H3,(H,20,21). The Morgan fingerprint density at radius 1 is 1.25 bits per heavy atom. The van der Waals surface area contributed by atoms with Crippen LogP contribution in [0.2, 0.25) is 0 Å². The second-order valence-electron chi connectivity index (χ2n) is 5.90. The van der Waals surface area contributed by atoms with Gasteiger partial charge in [-0.2, -0.15) is 4.31 Å². The van der Waals surface area contributed by atoms with E-state index in [2.05, 4.69) is 0 Å². The SMILES string of the molecule is CN(CC(=O)O)C1CCCN(S(=O)(=O)c2cc(F)cc(F)c2)CC1. The number of hydrogen-bond donors (Lipinski definition) is 1. The smallest absolute Gasteiger partial charge is 0.317 e. The van der Waals surface area contributed by atoms with Gasteiger partial charge in [0.1, 0.15) is 11.6 Å². The fraction of sp³-hybridized carbons (Fsp3) is 0.533. The lowest BCUT2D eigenvalue weighted by atomic mass is 10.1. The fourth-order valence-corrected chi connectivity index (χ4v) is 4.44. The van der Waals surface area contributed by atoms with Crippen molar-refractivity contribution in [2.75, 3.05) is 26.7 Å². The van der Waals surface area contributed by atoms with E-state index in [1.165, 1.54) is 4.31 Å². The third kappa shape index (κ3) is 4.49. The average molecular weight is 362 g/mol. The second kappa shape index (κ2) is 7.54. The Hall–Kier alpha value is -1.58. The topological polar surface area (TPSA) is 77.9 Å². The molecule has 1 unspecified atom stereocenters. The molecule has 2 rings (SSSR count). The van der Waals surface area contributed by atoms with Gasteiger partial charge in [0.25, 0.3) is 0 Å². The van der Waals surface area contributed by atoms with Gasteiger partial charge in [0, 0.05) is 25.2 Å². The predicted molar refractivity (Wildman–Crippen MR) is 83.0 cm³/mol. The van der Waals surface area contributed by atoms with Crippen LogP contribution in [-0.2, 0) is 14.8 Å². The van der Waals surface area contributed by atoms with Crippen molar-refractivity contribution in [2.45, 2.75) is 30.2 Å². The fourth-order valence-electron chi connectivity index (χ4n) is 2.90. The first-order valence-corrected chi connectivity index (χ1v) is 9.02. The maximum absolute atomic E-state index is 13.3. The van der Waals surface area contributed by atoms with Crippen LogP contribution in [0.15, 0.2) is 23.1 Å². The highest BCUT2D eigenvalue weighted by Crippen LogP contribution is 2.23. The van der Waals surface area contributed by atoms with E-state index in [1.807, 2.05) is 0 Å². The molecular weight excluding hydrogens is 342 g/mol. The zero-order valence-electron chi connectivity index (χ0n) is 13.3. The number of carboxylic acids is 1. The van der Waals surface area contributed by atoms with E-state index in [4.69, 9.17) is 5.11 Å². The third-order valence-electron chi connectivity index (χ3n) is 4.14. The van der Waals surface area contributed by atoms with Gasteiger partial charge in [-0.1, -0.05) is 0 Å². The van der Waals surface area contributed by atoms with Crippen LogP contribution < -0.4 is 0 Å². The molecule has 1 heterocycles. The van der Waals surface area contributed by atoms with Crippen LogP contribution in [0.3, 0.4) is 0 Å². The Kier molecular flexibility index (Phi) is 5.89. The van der Waals surface area contributed by atoms with Gasteiger partial charge in [0.15, 0.2) is 0 Å². The van der Waals surface area contributed by atoms with E-state index in [9.17, 15) is 22.0 Å². The summed E-state index contributed by atoms with van der Waals surface area (Å²) in [7, 11) is -2.30. The van der Waals surface area contributed by atoms with E-state index < -0.39 is 32.5 Å². The molecule has 24 heavy (non-hydrogen) atoms. The van der Waals surface area contributed by atoms with Crippen molar-refractivity contribution in [2.24, 2.45) is 0 Å². The van der Waals surface area contributed by atoms with E-state index in [-0.39, 0.29) is 25.7 Å². The molecule has 0 bridgehead atoms. The number of carbonyl (C=O) groups is 1. The number of hydrogen-bond acceptors (Lipinski definition) is 4. The summed E-state index contributed by atoms with van der Waals surface area (Å²) in [6.07, 6.45) is 1.67. The van der Waals surface area contributed by atoms with Crippen LogP contribution in [0.1, 0.15) is 19.3 Å². The van der Waals surface area contributed by atoms with Gasteiger partial charge in [-0.15, -0.1) is 0 Å². The Balaban J connectivity index is 2.13. The number of aliphatic carboxylic acids is 1. The Labute approximate surface area is 139 Å². The Bertz CT molecular complexity index is 691. The van der Waals surface area contributed by atoms with Crippen molar-refractivity contribution < 1.29 is 27.1 Å². The molecule has 1 fully saturated rings. The van der Waals surface area contributed by atoms with Gasteiger partial charge in [-0.3, -0.25) is 9.69 Å². The van der Waals surface area contributed by atoms with Gasteiger partial charge in [-0.25, -0.2) is 17.2 Å². The molecule has 1 saturated heterocycles. The molecule has 1 aromatic carbocycles. The molecule has 0 aliphatic carbocycles. The highest BCUT2D eigenvalue weighted by atomic mass is 32.2. The first-order chi connectivity index (χ1) is 11.2. The van der Waals surface area contributed by atoms with Crippen molar-refractivity contribution in [3.8, 4) is 0 Å². The summed E-state index contributed by atoms with van der Waals surface area (Å²) in [6.45, 7) is 0.291. The van der Waals surface area contributed by atoms with E-state index in [1.54, 1.807) is 11.9 Å². The minimum Gasteiger partial charge on any atom is -0.480 e. The molecule has 9 heteroatoms. The van der Waals surface area contributed by atoms with Crippen LogP contribution in [0.5, 0.6) is 0 Å². The zero-order valence-corrected chi connectivity index (χ0v) is 14.1. The van der Waals surface area contributed by atoms with Crippen LogP contribution in [0.25, 0.3) is 0 Å². The highest BCUT2D eigenvalue weighted by Gasteiger charge is 2.29. The number of rotatable bonds is 5. The lowest BCUT2D eigenvalue weighted by Crippen LogP contribution is -2.37. The molecule has 0 radical (unpaired) electrons. The predicted octanol–water partition coefficient (Wildman–Crippen LogP) is 1.52. The molecule has 1 aromatic rings. The number of sulfonamides is 1. The minimum absolute atomic E-state index is 0.0504. The maximum atomic E-state index is 13.3.